The summed E-state index contributed by atoms with van der Waals surface area (Å²) in [6.45, 7) is 4.02. The average Bonchev–Trinajstić information content (AvgIpc) is 2.75. The number of aryl methyl sites for hydroxylation is 1. The number of benzene rings is 1. The molecule has 1 aliphatic heterocycles. The number of carbonyl (C=O) groups excluding carboxylic acids is 1. The number of hydrogen-bond donors (Lipinski definition) is 1. The molecule has 4 nitrogen and oxygen atoms in total. The third kappa shape index (κ3) is 3.31. The first-order chi connectivity index (χ1) is 9.63. The molecule has 0 bridgehead atoms. The molecule has 1 N–H and O–H groups in total. The number of nitrogens with one attached hydrogen (secondary N) is 1. The predicted octanol–water partition coefficient (Wildman–Crippen LogP) is 2.22. The van der Waals surface area contributed by atoms with Crippen LogP contribution in [0.25, 0.3) is 0 Å². The molecule has 1 fully saturated rings. The Morgan fingerprint density at radius 2 is 2.15 bits per heavy atom. The topological polar surface area (TPSA) is 41.6 Å². The first-order valence-electron chi connectivity index (χ1n) is 7.26. The minimum absolute atomic E-state index is 0.0789. The Balaban J connectivity index is 2.13. The summed E-state index contributed by atoms with van der Waals surface area (Å²) in [6.07, 6.45) is 3.21. The van der Waals surface area contributed by atoms with Gasteiger partial charge in [0.25, 0.3) is 5.91 Å². The van der Waals surface area contributed by atoms with Gasteiger partial charge in [0, 0.05) is 18.7 Å². The van der Waals surface area contributed by atoms with Crippen molar-refractivity contribution in [3.8, 4) is 5.75 Å². The van der Waals surface area contributed by atoms with Crippen LogP contribution in [0.3, 0.4) is 0 Å². The van der Waals surface area contributed by atoms with Crippen LogP contribution in [0.2, 0.25) is 0 Å². The van der Waals surface area contributed by atoms with E-state index in [1.807, 2.05) is 37.1 Å². The van der Waals surface area contributed by atoms with Gasteiger partial charge in [0.1, 0.15) is 5.75 Å². The van der Waals surface area contributed by atoms with Gasteiger partial charge in [0.15, 0.2) is 0 Å². The van der Waals surface area contributed by atoms with E-state index in [-0.39, 0.29) is 5.91 Å². The van der Waals surface area contributed by atoms with Gasteiger partial charge in [-0.3, -0.25) is 4.79 Å². The highest BCUT2D eigenvalue weighted by Crippen LogP contribution is 2.21. The Morgan fingerprint density at radius 1 is 1.35 bits per heavy atom. The summed E-state index contributed by atoms with van der Waals surface area (Å²) in [4.78, 5) is 14.5. The zero-order valence-corrected chi connectivity index (χ0v) is 12.6. The Hall–Kier alpha value is -1.55. The lowest BCUT2D eigenvalue weighted by molar-refractivity contribution is 0.0720. The molecule has 4 heteroatoms. The van der Waals surface area contributed by atoms with Gasteiger partial charge in [0.05, 0.1) is 7.11 Å². The van der Waals surface area contributed by atoms with Crippen molar-refractivity contribution in [2.45, 2.75) is 32.2 Å². The first-order valence-corrected chi connectivity index (χ1v) is 7.26. The predicted molar refractivity (Wildman–Crippen MR) is 80.3 cm³/mol. The Labute approximate surface area is 121 Å². The van der Waals surface area contributed by atoms with Crippen LogP contribution in [0, 0.1) is 6.92 Å². The maximum absolute atomic E-state index is 12.6. The molecule has 1 aromatic carbocycles. The zero-order chi connectivity index (χ0) is 14.5. The van der Waals surface area contributed by atoms with E-state index >= 15 is 0 Å². The molecule has 1 aliphatic rings. The van der Waals surface area contributed by atoms with Crippen molar-refractivity contribution in [1.82, 2.24) is 10.2 Å². The summed E-state index contributed by atoms with van der Waals surface area (Å²) in [5, 5.41) is 3.38. The van der Waals surface area contributed by atoms with Gasteiger partial charge < -0.3 is 15.0 Å². The monoisotopic (exact) mass is 276 g/mol. The number of rotatable bonds is 3. The van der Waals surface area contributed by atoms with Gasteiger partial charge in [-0.05, 0) is 57.0 Å². The van der Waals surface area contributed by atoms with Crippen LogP contribution in [-0.4, -0.2) is 44.1 Å². The fraction of sp³-hybridized carbons (Fsp3) is 0.562. The second kappa shape index (κ2) is 6.75. The lowest BCUT2D eigenvalue weighted by Gasteiger charge is -2.27. The molecule has 1 heterocycles. The van der Waals surface area contributed by atoms with Crippen LogP contribution in [0.5, 0.6) is 5.75 Å². The lowest BCUT2D eigenvalue weighted by Crippen LogP contribution is -2.37. The molecular weight excluding hydrogens is 252 g/mol. The molecule has 1 saturated heterocycles. The molecule has 1 atom stereocenters. The van der Waals surface area contributed by atoms with E-state index < -0.39 is 0 Å². The molecule has 1 unspecified atom stereocenters. The van der Waals surface area contributed by atoms with E-state index in [1.54, 1.807) is 7.11 Å². The number of amides is 1. The number of nitrogens with zero attached hydrogens (tertiary/aromatic N) is 1. The van der Waals surface area contributed by atoms with Crippen molar-refractivity contribution in [2.24, 2.45) is 0 Å². The van der Waals surface area contributed by atoms with Gasteiger partial charge in [-0.15, -0.1) is 0 Å². The molecule has 0 aromatic heterocycles. The third-order valence-corrected chi connectivity index (χ3v) is 4.07. The van der Waals surface area contributed by atoms with Gasteiger partial charge in [-0.2, -0.15) is 0 Å². The van der Waals surface area contributed by atoms with E-state index in [9.17, 15) is 4.79 Å². The van der Waals surface area contributed by atoms with Crippen molar-refractivity contribution < 1.29 is 9.53 Å². The summed E-state index contributed by atoms with van der Waals surface area (Å²) in [7, 11) is 3.54. The minimum Gasteiger partial charge on any atom is -0.496 e. The van der Waals surface area contributed by atoms with Crippen LogP contribution in [0.1, 0.15) is 35.2 Å². The van der Waals surface area contributed by atoms with Crippen LogP contribution < -0.4 is 10.1 Å². The smallest absolute Gasteiger partial charge is 0.253 e. The zero-order valence-electron chi connectivity index (χ0n) is 12.6. The molecule has 20 heavy (non-hydrogen) atoms. The van der Waals surface area contributed by atoms with Crippen LogP contribution >= 0.6 is 0 Å². The van der Waals surface area contributed by atoms with E-state index in [0.29, 0.717) is 11.6 Å². The molecule has 110 valence electrons. The summed E-state index contributed by atoms with van der Waals surface area (Å²) in [6, 6.07) is 5.98. The second-order valence-corrected chi connectivity index (χ2v) is 5.44. The van der Waals surface area contributed by atoms with E-state index in [1.165, 1.54) is 0 Å². The number of ether oxygens (including phenoxy) is 1. The third-order valence-electron chi connectivity index (χ3n) is 4.07. The van der Waals surface area contributed by atoms with Crippen molar-refractivity contribution in [2.75, 3.05) is 27.2 Å². The quantitative estimate of drug-likeness (QED) is 0.920. The van der Waals surface area contributed by atoms with Crippen LogP contribution in [0.4, 0.5) is 0 Å². The summed E-state index contributed by atoms with van der Waals surface area (Å²) < 4.78 is 5.30. The standard InChI is InChI=1S/C16H24N2O2/c1-12-6-7-13(11-15(12)20-3)16(19)18(2)14-5-4-9-17-10-8-14/h6-7,11,14,17H,4-5,8-10H2,1-3H3. The highest BCUT2D eigenvalue weighted by atomic mass is 16.5. The minimum atomic E-state index is 0.0789. The van der Waals surface area contributed by atoms with Crippen molar-refractivity contribution >= 4 is 5.91 Å². The summed E-state index contributed by atoms with van der Waals surface area (Å²) in [5.41, 5.74) is 1.75. The summed E-state index contributed by atoms with van der Waals surface area (Å²) in [5.74, 6) is 0.849. The molecule has 0 radical (unpaired) electrons. The maximum Gasteiger partial charge on any atom is 0.253 e. The molecule has 1 aromatic rings. The summed E-state index contributed by atoms with van der Waals surface area (Å²) >= 11 is 0. The highest BCUT2D eigenvalue weighted by molar-refractivity contribution is 5.94. The molecular formula is C16H24N2O2. The van der Waals surface area contributed by atoms with Gasteiger partial charge in [-0.25, -0.2) is 0 Å². The molecule has 2 rings (SSSR count). The van der Waals surface area contributed by atoms with Crippen molar-refractivity contribution in [1.29, 1.82) is 0 Å². The lowest BCUT2D eigenvalue weighted by atomic mass is 10.1. The fourth-order valence-electron chi connectivity index (χ4n) is 2.71. The molecule has 0 spiro atoms. The highest BCUT2D eigenvalue weighted by Gasteiger charge is 2.22. The van der Waals surface area contributed by atoms with Crippen molar-refractivity contribution in [3.05, 3.63) is 29.3 Å². The Kier molecular flexibility index (Phi) is 5.01. The van der Waals surface area contributed by atoms with Gasteiger partial charge >= 0.3 is 0 Å². The fourth-order valence-corrected chi connectivity index (χ4v) is 2.71. The molecule has 0 saturated carbocycles. The van der Waals surface area contributed by atoms with Gasteiger partial charge in [-0.1, -0.05) is 6.07 Å². The largest absolute Gasteiger partial charge is 0.496 e. The Morgan fingerprint density at radius 3 is 2.90 bits per heavy atom. The van der Waals surface area contributed by atoms with Crippen LogP contribution in [0.15, 0.2) is 18.2 Å². The SMILES string of the molecule is COc1cc(C(=O)N(C)C2CCCNCC2)ccc1C. The average molecular weight is 276 g/mol. The molecule has 0 aliphatic carbocycles. The van der Waals surface area contributed by atoms with Gasteiger partial charge in [0.2, 0.25) is 0 Å². The molecule has 1 amide bonds. The second-order valence-electron chi connectivity index (χ2n) is 5.44. The van der Waals surface area contributed by atoms with E-state index in [2.05, 4.69) is 5.32 Å². The number of methoxy groups -OCH3 is 1. The number of carbonyl (C=O) groups is 1. The van der Waals surface area contributed by atoms with E-state index in [4.69, 9.17) is 4.74 Å². The maximum atomic E-state index is 12.6. The van der Waals surface area contributed by atoms with Crippen LogP contribution in [-0.2, 0) is 0 Å². The normalized spacial score (nSPS) is 19.2. The van der Waals surface area contributed by atoms with Crippen molar-refractivity contribution in [3.63, 3.8) is 0 Å². The van der Waals surface area contributed by atoms with E-state index in [0.717, 1.165) is 43.7 Å². The first kappa shape index (κ1) is 14.9. The Bertz CT molecular complexity index is 466. The number of hydrogen-bond acceptors (Lipinski definition) is 3.